The lowest BCUT2D eigenvalue weighted by molar-refractivity contribution is -0.299. The molecule has 0 saturated carbocycles. The third-order valence-corrected chi connectivity index (χ3v) is 0.714. The van der Waals surface area contributed by atoms with Crippen LogP contribution < -0.4 is 5.11 Å². The third-order valence-electron chi connectivity index (χ3n) is 0.714. The Morgan fingerprint density at radius 2 is 1.29 bits per heavy atom. The molecule has 4 nitrogen and oxygen atoms in total. The van der Waals surface area contributed by atoms with Gasteiger partial charge in [0.25, 0.3) is 0 Å². The molecular weight excluding hydrogens is 227 g/mol. The molecule has 0 spiro atoms. The van der Waals surface area contributed by atoms with Crippen molar-refractivity contribution in [2.24, 2.45) is 0 Å². The van der Waals surface area contributed by atoms with Crippen LogP contribution >= 0.6 is 9.90 Å². The Kier molecular flexibility index (Phi) is 20.1. The Labute approximate surface area is 92.7 Å². The molecule has 1 unspecified atom stereocenters. The van der Waals surface area contributed by atoms with Crippen molar-refractivity contribution in [2.45, 2.75) is 13.8 Å². The zero-order valence-electron chi connectivity index (χ0n) is 8.24. The average molecular weight is 243 g/mol. The van der Waals surface area contributed by atoms with Crippen LogP contribution in [0.15, 0.2) is 24.3 Å². The molecule has 1 N–H and O–H groups in total. The molecule has 0 aliphatic rings. The maximum absolute atomic E-state index is 9.60. The normalized spacial score (nSPS) is 6.43. The molecule has 6 heteroatoms. The average Bonchev–Trinajstić information content (AvgIpc) is 1.88. The van der Waals surface area contributed by atoms with E-state index in [0.717, 1.165) is 0 Å². The second-order valence-corrected chi connectivity index (χ2v) is 2.15. The minimum Gasteiger partial charge on any atom is -0.545 e. The lowest BCUT2D eigenvalue weighted by Crippen LogP contribution is -2.22. The van der Waals surface area contributed by atoms with E-state index in [0.29, 0.717) is 0 Å². The number of carboxylic acid groups (broad SMARTS) is 2. The summed E-state index contributed by atoms with van der Waals surface area (Å²) in [7, 11) is 0. The first-order chi connectivity index (χ1) is 5.29. The molecule has 84 valence electrons. The molecule has 0 amide bonds. The van der Waals surface area contributed by atoms with E-state index >= 15 is 0 Å². The van der Waals surface area contributed by atoms with Gasteiger partial charge < -0.3 is 15.0 Å². The van der Waals surface area contributed by atoms with Crippen LogP contribution in [0.1, 0.15) is 13.8 Å². The van der Waals surface area contributed by atoms with E-state index in [1.165, 1.54) is 13.8 Å². The molecule has 1 atom stereocenters. The first-order valence-corrected chi connectivity index (χ1v) is 3.04. The topological polar surface area (TPSA) is 77.4 Å². The maximum Gasteiger partial charge on any atom is 0.330 e. The van der Waals surface area contributed by atoms with Gasteiger partial charge in [0, 0.05) is 5.57 Å². The van der Waals surface area contributed by atoms with Crippen LogP contribution in [0.4, 0.5) is 0 Å². The minimum atomic E-state index is -1.19. The third kappa shape index (κ3) is 22.5. The number of halogens is 1. The molecule has 0 radical (unpaired) electrons. The van der Waals surface area contributed by atoms with Crippen molar-refractivity contribution in [2.75, 3.05) is 0 Å². The quantitative estimate of drug-likeness (QED) is 0.522. The summed E-state index contributed by atoms with van der Waals surface area (Å²) in [5.41, 5.74) is 0.241. The molecule has 0 saturated heterocycles. The standard InChI is InChI=1S/2C4H6O2.ClH2.H3P/c2*1-3(2)4(5)6;;/h2*1H2,2H3,(H,5,6);1H2;1H3/q;;+1;/p-1. The molecule has 0 aromatic heterocycles. The smallest absolute Gasteiger partial charge is 0.330 e. The summed E-state index contributed by atoms with van der Waals surface area (Å²) >= 11 is 0. The van der Waals surface area contributed by atoms with E-state index in [4.69, 9.17) is 5.11 Å². The van der Waals surface area contributed by atoms with Gasteiger partial charge in [0.05, 0.1) is 18.4 Å². The second-order valence-electron chi connectivity index (χ2n) is 2.15. The zero-order chi connectivity index (χ0) is 10.3. The minimum absolute atomic E-state index is 0. The molecule has 0 rings (SSSR count). The van der Waals surface area contributed by atoms with E-state index in [9.17, 15) is 14.7 Å². The van der Waals surface area contributed by atoms with Gasteiger partial charge in [-0.15, -0.1) is 0 Å². The molecule has 0 aromatic carbocycles. The summed E-state index contributed by atoms with van der Waals surface area (Å²) in [6.45, 7) is 9.08. The molecule has 0 aromatic rings. The van der Waals surface area contributed by atoms with E-state index in [1.807, 2.05) is 0 Å². The highest BCUT2D eigenvalue weighted by Gasteiger charge is 1.90. The van der Waals surface area contributed by atoms with Crippen LogP contribution in [0.2, 0.25) is 0 Å². The van der Waals surface area contributed by atoms with Crippen molar-refractivity contribution < 1.29 is 32.2 Å². The van der Waals surface area contributed by atoms with E-state index in [-0.39, 0.29) is 33.5 Å². The zero-order valence-corrected chi connectivity index (χ0v) is 10.5. The number of carbonyl (C=O) groups is 2. The van der Waals surface area contributed by atoms with Crippen molar-refractivity contribution in [1.29, 1.82) is 0 Å². The van der Waals surface area contributed by atoms with Crippen molar-refractivity contribution in [1.82, 2.24) is 0 Å². The Balaban J connectivity index is -0.0000000625. The predicted molar refractivity (Wildman–Crippen MR) is 56.2 cm³/mol. The lowest BCUT2D eigenvalue weighted by Gasteiger charge is -1.93. The fourth-order valence-corrected chi connectivity index (χ4v) is 0. The molecule has 0 aliphatic heterocycles. The maximum atomic E-state index is 9.60. The number of carbonyl (C=O) groups excluding carboxylic acids is 1. The van der Waals surface area contributed by atoms with Gasteiger partial charge in [0.15, 0.2) is 0 Å². The van der Waals surface area contributed by atoms with Gasteiger partial charge >= 0.3 is 5.97 Å². The Hall–Kier alpha value is -0.860. The van der Waals surface area contributed by atoms with E-state index in [2.05, 4.69) is 13.2 Å². The SMILES string of the molecule is C=C(C)C(=O)O.C=C(C)C(=O)[O-].P.[ClH2+]. The Bertz CT molecular complexity index is 177. The van der Waals surface area contributed by atoms with Gasteiger partial charge in [-0.3, -0.25) is 0 Å². The van der Waals surface area contributed by atoms with Crippen molar-refractivity contribution in [3.8, 4) is 0 Å². The summed E-state index contributed by atoms with van der Waals surface area (Å²) in [5, 5.41) is 17.4. The van der Waals surface area contributed by atoms with Gasteiger partial charge in [-0.1, -0.05) is 13.2 Å². The predicted octanol–water partition coefficient (Wildman–Crippen LogP) is -0.518. The number of hydrogen-bond donors (Lipinski definition) is 1. The van der Waals surface area contributed by atoms with Crippen LogP contribution in [0.25, 0.3) is 0 Å². The molecule has 0 bridgehead atoms. The highest BCUT2D eigenvalue weighted by molar-refractivity contribution is 6.92. The van der Waals surface area contributed by atoms with Gasteiger partial charge in [0.2, 0.25) is 0 Å². The summed E-state index contributed by atoms with van der Waals surface area (Å²) in [6, 6.07) is 0. The van der Waals surface area contributed by atoms with Gasteiger partial charge in [-0.05, 0) is 19.4 Å². The highest BCUT2D eigenvalue weighted by Crippen LogP contribution is 1.81. The molecule has 0 fully saturated rings. The monoisotopic (exact) mass is 242 g/mol. The van der Waals surface area contributed by atoms with Crippen LogP contribution in [-0.4, -0.2) is 17.0 Å². The van der Waals surface area contributed by atoms with Crippen molar-refractivity contribution in [3.05, 3.63) is 24.3 Å². The van der Waals surface area contributed by atoms with Crippen LogP contribution in [-0.2, 0) is 9.59 Å². The summed E-state index contributed by atoms with van der Waals surface area (Å²) in [6.07, 6.45) is 0. The van der Waals surface area contributed by atoms with E-state index in [1.54, 1.807) is 0 Å². The Morgan fingerprint density at radius 3 is 1.29 bits per heavy atom. The van der Waals surface area contributed by atoms with Crippen molar-refractivity contribution in [3.63, 3.8) is 0 Å². The number of aliphatic carboxylic acids is 2. The summed E-state index contributed by atoms with van der Waals surface area (Å²) < 4.78 is 0. The molecule has 0 aliphatic carbocycles. The molecule has 14 heavy (non-hydrogen) atoms. The fraction of sp³-hybridized carbons (Fsp3) is 0.250. The van der Waals surface area contributed by atoms with E-state index < -0.39 is 11.9 Å². The largest absolute Gasteiger partial charge is 0.545 e. The first kappa shape index (κ1) is 23.2. The number of carboxylic acids is 2. The van der Waals surface area contributed by atoms with Crippen LogP contribution in [0.5, 0.6) is 0 Å². The van der Waals surface area contributed by atoms with Gasteiger partial charge in [-0.2, -0.15) is 9.90 Å². The fourth-order valence-electron chi connectivity index (χ4n) is 0. The number of rotatable bonds is 2. The first-order valence-electron chi connectivity index (χ1n) is 3.04. The molecule has 0 heterocycles. The highest BCUT2D eigenvalue weighted by atomic mass is 35.5. The second kappa shape index (κ2) is 12.1. The summed E-state index contributed by atoms with van der Waals surface area (Å²) in [5.74, 6) is -2.12. The number of hydrogen-bond acceptors (Lipinski definition) is 3. The van der Waals surface area contributed by atoms with Gasteiger partial charge in [-0.25, -0.2) is 4.79 Å². The molecular formula is C8H16ClO4P. The summed E-state index contributed by atoms with van der Waals surface area (Å²) in [4.78, 5) is 19.1. The van der Waals surface area contributed by atoms with Crippen LogP contribution in [0, 0.1) is 12.4 Å². The van der Waals surface area contributed by atoms with Crippen LogP contribution in [0.3, 0.4) is 0 Å². The Morgan fingerprint density at radius 1 is 1.14 bits per heavy atom. The lowest BCUT2D eigenvalue weighted by atomic mass is 10.4. The van der Waals surface area contributed by atoms with Gasteiger partial charge in [0.1, 0.15) is 0 Å². The van der Waals surface area contributed by atoms with Crippen molar-refractivity contribution >= 4 is 21.8 Å².